The van der Waals surface area contributed by atoms with Crippen LogP contribution in [-0.4, -0.2) is 49.6 Å². The van der Waals surface area contributed by atoms with E-state index in [0.29, 0.717) is 6.54 Å². The van der Waals surface area contributed by atoms with E-state index in [2.05, 4.69) is 0 Å². The van der Waals surface area contributed by atoms with Gasteiger partial charge in [-0.15, -0.1) is 0 Å². The van der Waals surface area contributed by atoms with Crippen LogP contribution in [0.1, 0.15) is 23.9 Å². The first kappa shape index (κ1) is 15.2. The van der Waals surface area contributed by atoms with Gasteiger partial charge in [0.15, 0.2) is 5.76 Å². The number of carboxylic acid groups (broad SMARTS) is 1. The molecule has 1 N–H and O–H groups in total. The van der Waals surface area contributed by atoms with Crippen molar-refractivity contribution in [3.8, 4) is 0 Å². The van der Waals surface area contributed by atoms with Crippen molar-refractivity contribution >= 4 is 21.7 Å². The molecular weight excluding hydrogens is 274 g/mol. The predicted molar refractivity (Wildman–Crippen MR) is 65.6 cm³/mol. The molecule has 1 amide bonds. The van der Waals surface area contributed by atoms with E-state index < -0.39 is 21.7 Å². The number of carbonyl (C=O) groups excluding carboxylic acids is 1. The highest BCUT2D eigenvalue weighted by molar-refractivity contribution is 7.90. The molecule has 0 aliphatic carbocycles. The molecule has 0 saturated carbocycles. The summed E-state index contributed by atoms with van der Waals surface area (Å²) in [6.07, 6.45) is 0.793. The Bertz CT molecular complexity index is 574. The fourth-order valence-corrected chi connectivity index (χ4v) is 1.98. The normalized spacial score (nSPS) is 11.3. The molecule has 0 spiro atoms. The Balaban J connectivity index is 2.86. The van der Waals surface area contributed by atoms with Gasteiger partial charge in [0.25, 0.3) is 5.91 Å². The highest BCUT2D eigenvalue weighted by Gasteiger charge is 2.21. The predicted octanol–water partition coefficient (Wildman–Crippen LogP) is 0.620. The monoisotopic (exact) mass is 289 g/mol. The van der Waals surface area contributed by atoms with Crippen LogP contribution in [0.3, 0.4) is 0 Å². The summed E-state index contributed by atoms with van der Waals surface area (Å²) in [6.45, 7) is 2.04. The van der Waals surface area contributed by atoms with Crippen LogP contribution < -0.4 is 0 Å². The Labute approximate surface area is 110 Å². The second kappa shape index (κ2) is 5.87. The summed E-state index contributed by atoms with van der Waals surface area (Å²) in [5.41, 5.74) is 0. The summed E-state index contributed by atoms with van der Waals surface area (Å²) in [7, 11) is -3.51. The van der Waals surface area contributed by atoms with Crippen LogP contribution in [0.5, 0.6) is 0 Å². The largest absolute Gasteiger partial charge is 0.481 e. The molecule has 19 heavy (non-hydrogen) atoms. The third-order valence-corrected chi connectivity index (χ3v) is 3.37. The molecule has 0 aromatic carbocycles. The van der Waals surface area contributed by atoms with Crippen molar-refractivity contribution in [1.82, 2.24) is 4.90 Å². The summed E-state index contributed by atoms with van der Waals surface area (Å²) >= 11 is 0. The van der Waals surface area contributed by atoms with E-state index in [1.165, 1.54) is 17.0 Å². The Hall–Kier alpha value is -1.83. The molecule has 0 atom stereocenters. The quantitative estimate of drug-likeness (QED) is 0.823. The third-order valence-electron chi connectivity index (χ3n) is 2.42. The second-order valence-electron chi connectivity index (χ2n) is 3.92. The molecule has 0 fully saturated rings. The van der Waals surface area contributed by atoms with E-state index in [9.17, 15) is 18.0 Å². The Morgan fingerprint density at radius 3 is 2.42 bits per heavy atom. The van der Waals surface area contributed by atoms with Gasteiger partial charge in [-0.05, 0) is 19.1 Å². The molecule has 1 heterocycles. The molecule has 0 aliphatic heterocycles. The summed E-state index contributed by atoms with van der Waals surface area (Å²) in [6, 6.07) is 2.47. The smallest absolute Gasteiger partial charge is 0.305 e. The summed E-state index contributed by atoms with van der Waals surface area (Å²) in [5.74, 6) is -1.66. The minimum absolute atomic E-state index is 0.0412. The lowest BCUT2D eigenvalue weighted by Crippen LogP contribution is -2.32. The lowest BCUT2D eigenvalue weighted by Gasteiger charge is -2.18. The number of hydrogen-bond acceptors (Lipinski definition) is 5. The van der Waals surface area contributed by atoms with Gasteiger partial charge in [-0.3, -0.25) is 9.59 Å². The third kappa shape index (κ3) is 4.09. The van der Waals surface area contributed by atoms with E-state index in [4.69, 9.17) is 9.52 Å². The number of amides is 1. The number of nitrogens with zero attached hydrogens (tertiary/aromatic N) is 1. The Morgan fingerprint density at radius 2 is 2.00 bits per heavy atom. The van der Waals surface area contributed by atoms with Crippen LogP contribution in [0.4, 0.5) is 0 Å². The fraction of sp³-hybridized carbons (Fsp3) is 0.455. The van der Waals surface area contributed by atoms with Gasteiger partial charge in [0, 0.05) is 19.3 Å². The number of rotatable bonds is 6. The van der Waals surface area contributed by atoms with Crippen LogP contribution in [0.25, 0.3) is 0 Å². The minimum Gasteiger partial charge on any atom is -0.481 e. The van der Waals surface area contributed by atoms with Crippen molar-refractivity contribution in [1.29, 1.82) is 0 Å². The first-order chi connectivity index (χ1) is 8.75. The molecule has 0 bridgehead atoms. The molecule has 0 aliphatic rings. The van der Waals surface area contributed by atoms with Gasteiger partial charge in [0.05, 0.1) is 6.42 Å². The van der Waals surface area contributed by atoms with Crippen LogP contribution in [0.2, 0.25) is 0 Å². The van der Waals surface area contributed by atoms with Crippen LogP contribution >= 0.6 is 0 Å². The molecule has 8 heteroatoms. The molecule has 0 saturated heterocycles. The fourth-order valence-electron chi connectivity index (χ4n) is 1.42. The van der Waals surface area contributed by atoms with Gasteiger partial charge in [-0.1, -0.05) is 0 Å². The number of furan rings is 1. The maximum absolute atomic E-state index is 12.0. The zero-order chi connectivity index (χ0) is 14.6. The highest BCUT2D eigenvalue weighted by Crippen LogP contribution is 2.15. The Kier molecular flexibility index (Phi) is 4.71. The Morgan fingerprint density at radius 1 is 1.37 bits per heavy atom. The number of carbonyl (C=O) groups is 2. The van der Waals surface area contributed by atoms with Gasteiger partial charge in [-0.2, -0.15) is 0 Å². The summed E-state index contributed by atoms with van der Waals surface area (Å²) in [4.78, 5) is 23.7. The van der Waals surface area contributed by atoms with E-state index in [-0.39, 0.29) is 23.8 Å². The maximum atomic E-state index is 12.0. The van der Waals surface area contributed by atoms with Crippen molar-refractivity contribution in [3.63, 3.8) is 0 Å². The molecule has 0 radical (unpaired) electrons. The van der Waals surface area contributed by atoms with E-state index in [0.717, 1.165) is 6.26 Å². The molecule has 1 rings (SSSR count). The van der Waals surface area contributed by atoms with Crippen molar-refractivity contribution in [3.05, 3.63) is 17.9 Å². The molecule has 7 nitrogen and oxygen atoms in total. The average molecular weight is 289 g/mol. The van der Waals surface area contributed by atoms with Gasteiger partial charge in [0.2, 0.25) is 14.9 Å². The van der Waals surface area contributed by atoms with Gasteiger partial charge >= 0.3 is 5.97 Å². The molecule has 0 unspecified atom stereocenters. The average Bonchev–Trinajstić information content (AvgIpc) is 2.77. The topological polar surface area (TPSA) is 105 Å². The lowest BCUT2D eigenvalue weighted by atomic mass is 10.3. The van der Waals surface area contributed by atoms with Crippen molar-refractivity contribution in [2.75, 3.05) is 19.3 Å². The van der Waals surface area contributed by atoms with Gasteiger partial charge < -0.3 is 14.4 Å². The first-order valence-electron chi connectivity index (χ1n) is 5.56. The van der Waals surface area contributed by atoms with Crippen molar-refractivity contribution in [2.45, 2.75) is 18.4 Å². The maximum Gasteiger partial charge on any atom is 0.305 e. The number of sulfone groups is 1. The van der Waals surface area contributed by atoms with Crippen LogP contribution in [-0.2, 0) is 14.6 Å². The number of hydrogen-bond donors (Lipinski definition) is 1. The number of carboxylic acids is 1. The van der Waals surface area contributed by atoms with Crippen LogP contribution in [0, 0.1) is 0 Å². The lowest BCUT2D eigenvalue weighted by molar-refractivity contribution is -0.137. The summed E-state index contributed by atoms with van der Waals surface area (Å²) < 4.78 is 27.4. The van der Waals surface area contributed by atoms with Gasteiger partial charge in [-0.25, -0.2) is 8.42 Å². The standard InChI is InChI=1S/C11H15NO6S/c1-3-12(7-6-9(13)14)11(15)8-4-5-10(18-8)19(2,16)17/h4-5H,3,6-7H2,1-2H3,(H,13,14). The molecule has 1 aromatic heterocycles. The highest BCUT2D eigenvalue weighted by atomic mass is 32.2. The molecular formula is C11H15NO6S. The van der Waals surface area contributed by atoms with E-state index in [1.807, 2.05) is 0 Å². The zero-order valence-electron chi connectivity index (χ0n) is 10.6. The second-order valence-corrected chi connectivity index (χ2v) is 5.87. The van der Waals surface area contributed by atoms with Crippen molar-refractivity contribution < 1.29 is 27.5 Å². The van der Waals surface area contributed by atoms with E-state index >= 15 is 0 Å². The SMILES string of the molecule is CCN(CCC(=O)O)C(=O)c1ccc(S(C)(=O)=O)o1. The zero-order valence-corrected chi connectivity index (χ0v) is 11.4. The summed E-state index contributed by atoms with van der Waals surface area (Å²) in [5, 5.41) is 8.29. The minimum atomic E-state index is -3.51. The van der Waals surface area contributed by atoms with Crippen LogP contribution in [0.15, 0.2) is 21.6 Å². The van der Waals surface area contributed by atoms with Crippen molar-refractivity contribution in [2.24, 2.45) is 0 Å². The first-order valence-corrected chi connectivity index (χ1v) is 7.45. The molecule has 1 aromatic rings. The van der Waals surface area contributed by atoms with Gasteiger partial charge in [0.1, 0.15) is 0 Å². The number of aliphatic carboxylic acids is 1. The molecule has 106 valence electrons. The van der Waals surface area contributed by atoms with E-state index in [1.54, 1.807) is 6.92 Å².